The molecule has 0 bridgehead atoms. The number of ether oxygens (including phenoxy) is 1. The zero-order chi connectivity index (χ0) is 25.9. The Morgan fingerprint density at radius 3 is 2.54 bits per heavy atom. The van der Waals surface area contributed by atoms with Gasteiger partial charge in [0.05, 0.1) is 16.3 Å². The van der Waals surface area contributed by atoms with Gasteiger partial charge in [-0.05, 0) is 74.5 Å². The molecule has 0 atom stereocenters. The summed E-state index contributed by atoms with van der Waals surface area (Å²) in [5, 5.41) is 0.580. The van der Waals surface area contributed by atoms with Gasteiger partial charge in [0, 0.05) is 35.2 Å². The topological polar surface area (TPSA) is 90.2 Å². The van der Waals surface area contributed by atoms with Gasteiger partial charge in [-0.15, -0.1) is 0 Å². The summed E-state index contributed by atoms with van der Waals surface area (Å²) < 4.78 is 8.42. The first-order valence-electron chi connectivity index (χ1n) is 13.3. The van der Waals surface area contributed by atoms with Crippen LogP contribution in [0.4, 0.5) is 4.79 Å². The lowest BCUT2D eigenvalue weighted by Crippen LogP contribution is -2.41. The number of carbonyl (C=O) groups excluding carboxylic acids is 1. The minimum Gasteiger partial charge on any atom is -0.444 e. The Labute approximate surface area is 224 Å². The largest absolute Gasteiger partial charge is 0.444 e. The Morgan fingerprint density at radius 1 is 1.11 bits per heavy atom. The van der Waals surface area contributed by atoms with Crippen molar-refractivity contribution in [3.05, 3.63) is 56.4 Å². The maximum Gasteiger partial charge on any atom is 0.410 e. The fourth-order valence-corrected chi connectivity index (χ4v) is 6.79. The van der Waals surface area contributed by atoms with Gasteiger partial charge in [0.1, 0.15) is 23.1 Å². The number of aromatic nitrogens is 4. The summed E-state index contributed by atoms with van der Waals surface area (Å²) in [4.78, 5) is 42.2. The van der Waals surface area contributed by atoms with Gasteiger partial charge in [0.2, 0.25) is 0 Å². The van der Waals surface area contributed by atoms with E-state index in [0.717, 1.165) is 71.5 Å². The fraction of sp³-hybridized carbons (Fsp3) is 0.536. The van der Waals surface area contributed by atoms with E-state index in [1.165, 1.54) is 6.42 Å². The Kier molecular flexibility index (Phi) is 5.89. The molecule has 2 fully saturated rings. The van der Waals surface area contributed by atoms with Crippen molar-refractivity contribution in [3.8, 4) is 5.82 Å². The van der Waals surface area contributed by atoms with Gasteiger partial charge < -0.3 is 9.64 Å². The number of piperidine rings is 1. The summed E-state index contributed by atoms with van der Waals surface area (Å²) in [5.74, 6) is 2.61. The van der Waals surface area contributed by atoms with Crippen LogP contribution in [0.15, 0.2) is 33.7 Å². The normalized spacial score (nSPS) is 19.2. The average molecular weight is 566 g/mol. The lowest BCUT2D eigenvalue weighted by atomic mass is 9.70. The fourth-order valence-electron chi connectivity index (χ4n) is 6.27. The van der Waals surface area contributed by atoms with Crippen molar-refractivity contribution in [1.82, 2.24) is 24.4 Å². The van der Waals surface area contributed by atoms with E-state index in [2.05, 4.69) is 25.5 Å². The van der Waals surface area contributed by atoms with Crippen LogP contribution < -0.4 is 5.56 Å². The van der Waals surface area contributed by atoms with E-state index in [0.29, 0.717) is 18.5 Å². The second-order valence-corrected chi connectivity index (χ2v) is 12.4. The second-order valence-electron chi connectivity index (χ2n) is 11.6. The zero-order valence-electron chi connectivity index (χ0n) is 21.6. The van der Waals surface area contributed by atoms with Crippen LogP contribution in [0.2, 0.25) is 0 Å². The third-order valence-electron chi connectivity index (χ3n) is 8.03. The van der Waals surface area contributed by atoms with Gasteiger partial charge in [-0.25, -0.2) is 14.8 Å². The van der Waals surface area contributed by atoms with Crippen molar-refractivity contribution >= 4 is 32.9 Å². The number of hydrogen-bond acceptors (Lipinski definition) is 6. The van der Waals surface area contributed by atoms with Crippen molar-refractivity contribution in [2.24, 2.45) is 0 Å². The molecule has 4 heterocycles. The molecular weight excluding hydrogens is 534 g/mol. The number of likely N-dealkylation sites (tertiary alicyclic amines) is 1. The summed E-state index contributed by atoms with van der Waals surface area (Å²) in [7, 11) is 0. The molecule has 1 aliphatic carbocycles. The number of fused-ring (bicyclic) bond motifs is 7. The Balaban J connectivity index is 1.40. The highest BCUT2D eigenvalue weighted by Gasteiger charge is 2.48. The van der Waals surface area contributed by atoms with Gasteiger partial charge in [0.25, 0.3) is 5.56 Å². The van der Waals surface area contributed by atoms with Gasteiger partial charge in [0.15, 0.2) is 0 Å². The number of carbonyl (C=O) groups is 1. The van der Waals surface area contributed by atoms with E-state index < -0.39 is 5.60 Å². The van der Waals surface area contributed by atoms with E-state index in [-0.39, 0.29) is 23.0 Å². The Hall–Kier alpha value is -2.81. The highest BCUT2D eigenvalue weighted by atomic mass is 79.9. The third kappa shape index (κ3) is 4.06. The highest BCUT2D eigenvalue weighted by Crippen LogP contribution is 2.51. The third-order valence-corrected chi connectivity index (χ3v) is 8.69. The lowest BCUT2D eigenvalue weighted by molar-refractivity contribution is 0.0203. The molecule has 3 aromatic rings. The number of nitrogens with zero attached hydrogens (tertiary/aromatic N) is 5. The molecule has 3 aliphatic rings. The predicted molar refractivity (Wildman–Crippen MR) is 144 cm³/mol. The SMILES string of the molecule is CC(C)(C)OC(=O)N1CCC(c2ncc3c(n2)-n2c(nc(=O)c4c(Br)cccc42)C32CCCCC2)CC1. The Bertz CT molecular complexity index is 1450. The van der Waals surface area contributed by atoms with Gasteiger partial charge in [-0.1, -0.05) is 25.3 Å². The van der Waals surface area contributed by atoms with E-state index >= 15 is 0 Å². The summed E-state index contributed by atoms with van der Waals surface area (Å²) in [6.45, 7) is 6.89. The van der Waals surface area contributed by atoms with Gasteiger partial charge >= 0.3 is 6.09 Å². The number of rotatable bonds is 1. The molecule has 1 spiro atoms. The maximum absolute atomic E-state index is 13.2. The van der Waals surface area contributed by atoms with Crippen LogP contribution in [0.5, 0.6) is 0 Å². The molecule has 1 saturated heterocycles. The molecule has 37 heavy (non-hydrogen) atoms. The summed E-state index contributed by atoms with van der Waals surface area (Å²) in [6.07, 6.45) is 8.57. The van der Waals surface area contributed by atoms with E-state index in [1.807, 2.05) is 45.2 Å². The first-order valence-corrected chi connectivity index (χ1v) is 14.0. The lowest BCUT2D eigenvalue weighted by Gasteiger charge is -2.33. The number of hydrogen-bond donors (Lipinski definition) is 0. The molecule has 1 amide bonds. The molecular formula is C28H32BrN5O3. The summed E-state index contributed by atoms with van der Waals surface area (Å²) in [6, 6.07) is 5.83. The van der Waals surface area contributed by atoms with Crippen LogP contribution in [0, 0.1) is 0 Å². The smallest absolute Gasteiger partial charge is 0.410 e. The Morgan fingerprint density at radius 2 is 1.84 bits per heavy atom. The molecule has 2 aliphatic heterocycles. The minimum atomic E-state index is -0.507. The van der Waals surface area contributed by atoms with Crippen molar-refractivity contribution in [1.29, 1.82) is 0 Å². The summed E-state index contributed by atoms with van der Waals surface area (Å²) >= 11 is 3.57. The molecule has 2 aromatic heterocycles. The van der Waals surface area contributed by atoms with Gasteiger partial charge in [-0.2, -0.15) is 4.98 Å². The van der Waals surface area contributed by atoms with Crippen LogP contribution >= 0.6 is 15.9 Å². The molecule has 8 nitrogen and oxygen atoms in total. The first kappa shape index (κ1) is 24.5. The second kappa shape index (κ2) is 8.89. The minimum absolute atomic E-state index is 0.153. The molecule has 1 saturated carbocycles. The number of halogens is 1. The molecule has 0 N–H and O–H groups in total. The quantitative estimate of drug-likeness (QED) is 0.380. The summed E-state index contributed by atoms with van der Waals surface area (Å²) in [5.41, 5.74) is 0.891. The van der Waals surface area contributed by atoms with Gasteiger partial charge in [-0.3, -0.25) is 9.36 Å². The van der Waals surface area contributed by atoms with Crippen LogP contribution in [0.3, 0.4) is 0 Å². The van der Waals surface area contributed by atoms with Crippen molar-refractivity contribution in [2.45, 2.75) is 82.7 Å². The van der Waals surface area contributed by atoms with Crippen molar-refractivity contribution < 1.29 is 9.53 Å². The van der Waals surface area contributed by atoms with Crippen LogP contribution in [-0.4, -0.2) is 49.2 Å². The van der Waals surface area contributed by atoms with Crippen molar-refractivity contribution in [2.75, 3.05) is 13.1 Å². The van der Waals surface area contributed by atoms with Crippen molar-refractivity contribution in [3.63, 3.8) is 0 Å². The van der Waals surface area contributed by atoms with Crippen LogP contribution in [0.1, 0.15) is 88.8 Å². The van der Waals surface area contributed by atoms with Crippen LogP contribution in [0.25, 0.3) is 16.7 Å². The molecule has 0 unspecified atom stereocenters. The molecule has 194 valence electrons. The van der Waals surface area contributed by atoms with E-state index in [4.69, 9.17) is 14.7 Å². The standard InChI is InChI=1S/C28H32BrN5O3/c1-27(2,3)37-26(36)33-14-10-17(11-15-33)22-30-16-18-23(31-22)34-20-9-7-8-19(29)21(20)24(35)32-25(34)28(18)12-5-4-6-13-28/h7-9,16-17H,4-6,10-15H2,1-3H3. The molecule has 1 aromatic carbocycles. The van der Waals surface area contributed by atoms with Crippen LogP contribution in [-0.2, 0) is 10.2 Å². The molecule has 9 heteroatoms. The number of benzene rings is 1. The highest BCUT2D eigenvalue weighted by molar-refractivity contribution is 9.10. The number of amides is 1. The monoisotopic (exact) mass is 565 g/mol. The first-order chi connectivity index (χ1) is 17.7. The maximum atomic E-state index is 13.2. The predicted octanol–water partition coefficient (Wildman–Crippen LogP) is 5.62. The average Bonchev–Trinajstić information content (AvgIpc) is 3.12. The molecule has 6 rings (SSSR count). The van der Waals surface area contributed by atoms with E-state index in [1.54, 1.807) is 4.90 Å². The molecule has 0 radical (unpaired) electrons. The van der Waals surface area contributed by atoms with E-state index in [9.17, 15) is 9.59 Å². The zero-order valence-corrected chi connectivity index (χ0v) is 23.2.